The van der Waals surface area contributed by atoms with Crippen LogP contribution < -0.4 is 10.2 Å². The number of nitrogens with one attached hydrogen (secondary N) is 2. The standard InChI is InChI=1S/C17H23F2N5O/c1-3-23(4-2)10-6-9-20-17(25)16-12-24(22-21-16)11-13-14(18)7-5-8-15(13)19/h5,7-8,12H,3-4,6,9-11H2,1-2H3,(H,20,25)/p+1. The molecule has 2 aromatic rings. The lowest BCUT2D eigenvalue weighted by atomic mass is 10.2. The molecule has 1 aromatic carbocycles. The smallest absolute Gasteiger partial charge is 0.273 e. The van der Waals surface area contributed by atoms with Gasteiger partial charge in [0, 0.05) is 18.5 Å². The number of hydrogen-bond donors (Lipinski definition) is 2. The molecule has 2 N–H and O–H groups in total. The number of halogens is 2. The Morgan fingerprint density at radius 1 is 1.24 bits per heavy atom. The third-order valence-corrected chi connectivity index (χ3v) is 4.15. The van der Waals surface area contributed by atoms with Crippen molar-refractivity contribution in [1.29, 1.82) is 0 Å². The zero-order valence-electron chi connectivity index (χ0n) is 14.6. The lowest BCUT2D eigenvalue weighted by molar-refractivity contribution is -0.896. The van der Waals surface area contributed by atoms with Gasteiger partial charge in [-0.2, -0.15) is 0 Å². The quantitative estimate of drug-likeness (QED) is 0.652. The van der Waals surface area contributed by atoms with Crippen molar-refractivity contribution in [2.24, 2.45) is 0 Å². The van der Waals surface area contributed by atoms with Crippen LogP contribution in [0.5, 0.6) is 0 Å². The zero-order chi connectivity index (χ0) is 18.2. The maximum Gasteiger partial charge on any atom is 0.273 e. The minimum Gasteiger partial charge on any atom is -0.350 e. The Kier molecular flexibility index (Phi) is 7.00. The van der Waals surface area contributed by atoms with Gasteiger partial charge in [0.15, 0.2) is 5.69 Å². The van der Waals surface area contributed by atoms with Gasteiger partial charge in [-0.05, 0) is 26.0 Å². The summed E-state index contributed by atoms with van der Waals surface area (Å²) in [5.41, 5.74) is 0.0217. The summed E-state index contributed by atoms with van der Waals surface area (Å²) in [6, 6.07) is 3.66. The molecular weight excluding hydrogens is 328 g/mol. The summed E-state index contributed by atoms with van der Waals surface area (Å²) in [7, 11) is 0. The molecule has 0 saturated heterocycles. The average molecular weight is 352 g/mol. The Morgan fingerprint density at radius 2 is 1.92 bits per heavy atom. The van der Waals surface area contributed by atoms with Crippen LogP contribution in [0.25, 0.3) is 0 Å². The Labute approximate surface area is 145 Å². The summed E-state index contributed by atoms with van der Waals surface area (Å²) in [5.74, 6) is -1.64. The Bertz CT molecular complexity index is 680. The van der Waals surface area contributed by atoms with Crippen LogP contribution in [0.3, 0.4) is 0 Å². The second kappa shape index (κ2) is 9.22. The van der Waals surface area contributed by atoms with Gasteiger partial charge in [0.2, 0.25) is 0 Å². The van der Waals surface area contributed by atoms with Gasteiger partial charge in [-0.25, -0.2) is 13.5 Å². The fourth-order valence-corrected chi connectivity index (χ4v) is 2.56. The highest BCUT2D eigenvalue weighted by Gasteiger charge is 2.14. The predicted molar refractivity (Wildman–Crippen MR) is 89.3 cm³/mol. The lowest BCUT2D eigenvalue weighted by Crippen LogP contribution is -3.11. The van der Waals surface area contributed by atoms with Gasteiger partial charge in [0.05, 0.1) is 32.4 Å². The van der Waals surface area contributed by atoms with Gasteiger partial charge < -0.3 is 10.2 Å². The average Bonchev–Trinajstić information content (AvgIpc) is 3.07. The molecule has 0 aliphatic rings. The van der Waals surface area contributed by atoms with Crippen molar-refractivity contribution in [2.75, 3.05) is 26.2 Å². The van der Waals surface area contributed by atoms with Crippen molar-refractivity contribution in [2.45, 2.75) is 26.8 Å². The highest BCUT2D eigenvalue weighted by atomic mass is 19.1. The normalized spacial score (nSPS) is 11.1. The molecule has 0 spiro atoms. The molecule has 1 amide bonds. The van der Waals surface area contributed by atoms with Gasteiger partial charge in [-0.3, -0.25) is 4.79 Å². The zero-order valence-corrected chi connectivity index (χ0v) is 14.6. The second-order valence-corrected chi connectivity index (χ2v) is 5.82. The number of hydrogen-bond acceptors (Lipinski definition) is 3. The molecule has 0 radical (unpaired) electrons. The van der Waals surface area contributed by atoms with Crippen LogP contribution in [0.1, 0.15) is 36.3 Å². The maximum absolute atomic E-state index is 13.6. The van der Waals surface area contributed by atoms with Crippen molar-refractivity contribution in [3.05, 3.63) is 47.3 Å². The van der Waals surface area contributed by atoms with E-state index in [9.17, 15) is 13.6 Å². The van der Waals surface area contributed by atoms with E-state index in [0.29, 0.717) is 6.54 Å². The molecule has 136 valence electrons. The molecule has 0 saturated carbocycles. The van der Waals surface area contributed by atoms with Gasteiger partial charge in [-0.1, -0.05) is 11.3 Å². The molecule has 25 heavy (non-hydrogen) atoms. The van der Waals surface area contributed by atoms with E-state index >= 15 is 0 Å². The Morgan fingerprint density at radius 3 is 2.56 bits per heavy atom. The van der Waals surface area contributed by atoms with Crippen LogP contribution in [-0.2, 0) is 6.54 Å². The number of nitrogens with zero attached hydrogens (tertiary/aromatic N) is 3. The van der Waals surface area contributed by atoms with E-state index in [-0.39, 0.29) is 23.7 Å². The first kappa shape index (κ1) is 19.0. The van der Waals surface area contributed by atoms with E-state index in [2.05, 4.69) is 29.5 Å². The van der Waals surface area contributed by atoms with Gasteiger partial charge >= 0.3 is 0 Å². The maximum atomic E-state index is 13.6. The molecule has 0 unspecified atom stereocenters. The Balaban J connectivity index is 1.87. The molecule has 0 aliphatic heterocycles. The molecular formula is C17H24F2N5O+. The van der Waals surface area contributed by atoms with Crippen molar-refractivity contribution < 1.29 is 18.5 Å². The molecule has 0 atom stereocenters. The van der Waals surface area contributed by atoms with Crippen LogP contribution in [0.15, 0.2) is 24.4 Å². The molecule has 8 heteroatoms. The third-order valence-electron chi connectivity index (χ3n) is 4.15. The number of aromatic nitrogens is 3. The molecule has 0 aliphatic carbocycles. The van der Waals surface area contributed by atoms with Crippen molar-refractivity contribution in [1.82, 2.24) is 20.3 Å². The first-order valence-corrected chi connectivity index (χ1v) is 8.49. The largest absolute Gasteiger partial charge is 0.350 e. The van der Waals surface area contributed by atoms with Crippen LogP contribution in [0.4, 0.5) is 8.78 Å². The van der Waals surface area contributed by atoms with E-state index in [1.807, 2.05) is 0 Å². The molecule has 2 rings (SSSR count). The van der Waals surface area contributed by atoms with E-state index in [1.165, 1.54) is 34.0 Å². The number of rotatable bonds is 9. The van der Waals surface area contributed by atoms with Crippen molar-refractivity contribution in [3.63, 3.8) is 0 Å². The SMILES string of the molecule is CC[NH+](CC)CCCNC(=O)c1cn(Cc2c(F)cccc2F)nn1. The summed E-state index contributed by atoms with van der Waals surface area (Å²) in [4.78, 5) is 13.5. The van der Waals surface area contributed by atoms with Gasteiger partial charge in [-0.15, -0.1) is 5.10 Å². The van der Waals surface area contributed by atoms with Crippen LogP contribution in [0.2, 0.25) is 0 Å². The third kappa shape index (κ3) is 5.32. The van der Waals surface area contributed by atoms with Crippen LogP contribution in [-0.4, -0.2) is 47.1 Å². The van der Waals surface area contributed by atoms with E-state index in [0.717, 1.165) is 26.1 Å². The topological polar surface area (TPSA) is 64.2 Å². The fourth-order valence-electron chi connectivity index (χ4n) is 2.56. The fraction of sp³-hybridized carbons (Fsp3) is 0.471. The van der Waals surface area contributed by atoms with E-state index < -0.39 is 11.6 Å². The molecule has 6 nitrogen and oxygen atoms in total. The summed E-state index contributed by atoms with van der Waals surface area (Å²) in [6.07, 6.45) is 2.26. The lowest BCUT2D eigenvalue weighted by Gasteiger charge is -2.14. The minimum absolute atomic E-state index is 0.110. The minimum atomic E-state index is -0.652. The summed E-state index contributed by atoms with van der Waals surface area (Å²) >= 11 is 0. The number of carbonyl (C=O) groups is 1. The first-order chi connectivity index (χ1) is 12.0. The molecule has 1 aromatic heterocycles. The van der Waals surface area contributed by atoms with Crippen LogP contribution >= 0.6 is 0 Å². The number of benzene rings is 1. The predicted octanol–water partition coefficient (Wildman–Crippen LogP) is 0.649. The summed E-state index contributed by atoms with van der Waals surface area (Å²) in [6.45, 7) is 7.81. The van der Waals surface area contributed by atoms with Gasteiger partial charge in [0.25, 0.3) is 5.91 Å². The van der Waals surface area contributed by atoms with Crippen LogP contribution in [0, 0.1) is 11.6 Å². The molecule has 1 heterocycles. The highest BCUT2D eigenvalue weighted by molar-refractivity contribution is 5.91. The van der Waals surface area contributed by atoms with Crippen molar-refractivity contribution in [3.8, 4) is 0 Å². The van der Waals surface area contributed by atoms with E-state index in [1.54, 1.807) is 0 Å². The second-order valence-electron chi connectivity index (χ2n) is 5.82. The number of amides is 1. The molecule has 0 fully saturated rings. The number of carbonyl (C=O) groups excluding carboxylic acids is 1. The monoisotopic (exact) mass is 352 g/mol. The Hall–Kier alpha value is -2.35. The first-order valence-electron chi connectivity index (χ1n) is 8.49. The van der Waals surface area contributed by atoms with E-state index in [4.69, 9.17) is 0 Å². The van der Waals surface area contributed by atoms with Gasteiger partial charge in [0.1, 0.15) is 11.6 Å². The van der Waals surface area contributed by atoms with Crippen molar-refractivity contribution >= 4 is 5.91 Å². The summed E-state index contributed by atoms with van der Waals surface area (Å²) < 4.78 is 28.5. The highest BCUT2D eigenvalue weighted by Crippen LogP contribution is 2.13. The molecule has 0 bridgehead atoms. The summed E-state index contributed by atoms with van der Waals surface area (Å²) in [5, 5.41) is 10.3. The number of quaternary nitrogens is 1.